The molecule has 0 aliphatic carbocycles. The number of benzene rings is 1. The van der Waals surface area contributed by atoms with Crippen molar-refractivity contribution in [3.8, 4) is 5.75 Å². The molecule has 9 atom stereocenters. The zero-order chi connectivity index (χ0) is 49.3. The maximum Gasteiger partial charge on any atom is 0.328 e. The van der Waals surface area contributed by atoms with Gasteiger partial charge in [-0.1, -0.05) is 39.8 Å². The van der Waals surface area contributed by atoms with Crippen LogP contribution >= 0.6 is 12.6 Å². The molecule has 25 heteroatoms. The van der Waals surface area contributed by atoms with Gasteiger partial charge in [-0.15, -0.1) is 0 Å². The largest absolute Gasteiger partial charge is 0.508 e. The van der Waals surface area contributed by atoms with Gasteiger partial charge in [-0.2, -0.15) is 12.6 Å². The van der Waals surface area contributed by atoms with Crippen molar-refractivity contribution < 1.29 is 73.5 Å². The number of carboxylic acids is 2. The van der Waals surface area contributed by atoms with E-state index in [2.05, 4.69) is 49.8 Å². The van der Waals surface area contributed by atoms with Gasteiger partial charge in [-0.25, -0.2) is 4.79 Å². The molecular weight excluding hydrogens is 879 g/mol. The smallest absolute Gasteiger partial charge is 0.328 e. The predicted octanol–water partition coefficient (Wildman–Crippen LogP) is -4.55. The summed E-state index contributed by atoms with van der Waals surface area (Å²) in [5.74, 6) is -11.8. The second kappa shape index (κ2) is 26.0. The third kappa shape index (κ3) is 17.1. The number of aromatic hydroxyl groups is 1. The summed E-state index contributed by atoms with van der Waals surface area (Å²) in [6.07, 6.45) is -2.10. The monoisotopic (exact) mass is 939 g/mol. The number of nitrogens with two attached hydrogens (primary N) is 1. The molecule has 1 fully saturated rings. The van der Waals surface area contributed by atoms with Crippen molar-refractivity contribution in [1.82, 2.24) is 42.1 Å². The van der Waals surface area contributed by atoms with E-state index in [9.17, 15) is 73.5 Å². The number of hydrogen-bond acceptors (Lipinski definition) is 15. The van der Waals surface area contributed by atoms with Gasteiger partial charge in [0.2, 0.25) is 47.3 Å². The Balaban J connectivity index is 2.22. The normalized spacial score (nSPS) is 17.2. The highest BCUT2D eigenvalue weighted by Gasteiger charge is 2.40. The van der Waals surface area contributed by atoms with Crippen molar-refractivity contribution in [2.24, 2.45) is 17.6 Å². The maximum absolute atomic E-state index is 14.2. The fourth-order valence-electron chi connectivity index (χ4n) is 6.41. The molecule has 1 aromatic rings. The average molecular weight is 940 g/mol. The number of amides is 8. The molecule has 362 valence electrons. The molecule has 1 aromatic carbocycles. The van der Waals surface area contributed by atoms with E-state index in [0.717, 1.165) is 0 Å². The number of rotatable bonds is 25. The van der Waals surface area contributed by atoms with Gasteiger partial charge in [0.1, 0.15) is 42.0 Å². The molecular formula is C40H61N9O15S. The SMILES string of the molecule is CC(C)[C@H](N)C(=O)N[C@@H](CO)C(=O)N[C@@H](CC(=O)O)C(=O)N[C@@H](CS)C(=O)NCC(=O)N[C@@H](Cc1ccc(O)cc1)C(=O)N1CCC[C@H]1C(=O)N[C@H](C(=O)N[C@H](C(=O)O)[C@@H](C)O)C(C)C. The molecule has 2 rings (SSSR count). The van der Waals surface area contributed by atoms with E-state index in [-0.39, 0.29) is 31.1 Å². The molecule has 14 N–H and O–H groups in total. The predicted molar refractivity (Wildman–Crippen MR) is 231 cm³/mol. The number of nitrogens with one attached hydrogen (secondary N) is 7. The summed E-state index contributed by atoms with van der Waals surface area (Å²) in [4.78, 5) is 130. The highest BCUT2D eigenvalue weighted by Crippen LogP contribution is 2.21. The van der Waals surface area contributed by atoms with Crippen LogP contribution in [0.2, 0.25) is 0 Å². The molecule has 1 heterocycles. The molecule has 0 aromatic heterocycles. The Morgan fingerprint density at radius 2 is 1.32 bits per heavy atom. The Morgan fingerprint density at radius 1 is 0.738 bits per heavy atom. The highest BCUT2D eigenvalue weighted by atomic mass is 32.1. The van der Waals surface area contributed by atoms with Crippen LogP contribution in [0.25, 0.3) is 0 Å². The number of aliphatic hydroxyl groups is 2. The van der Waals surface area contributed by atoms with Crippen molar-refractivity contribution >= 4 is 71.8 Å². The summed E-state index contributed by atoms with van der Waals surface area (Å²) in [6.45, 7) is 5.98. The molecule has 24 nitrogen and oxygen atoms in total. The quantitative estimate of drug-likeness (QED) is 0.0411. The van der Waals surface area contributed by atoms with E-state index in [1.807, 2.05) is 0 Å². The van der Waals surface area contributed by atoms with Crippen LogP contribution in [-0.4, -0.2) is 170 Å². The molecule has 8 amide bonds. The minimum atomic E-state index is -1.82. The lowest BCUT2D eigenvalue weighted by Gasteiger charge is -2.31. The van der Waals surface area contributed by atoms with Crippen LogP contribution in [0.5, 0.6) is 5.75 Å². The van der Waals surface area contributed by atoms with Crippen LogP contribution in [0.15, 0.2) is 24.3 Å². The number of thiol groups is 1. The molecule has 1 saturated heterocycles. The van der Waals surface area contributed by atoms with E-state index in [1.165, 1.54) is 36.1 Å². The number of likely N-dealkylation sites (tertiary alicyclic amines) is 1. The van der Waals surface area contributed by atoms with Crippen LogP contribution in [0.1, 0.15) is 59.4 Å². The number of carbonyl (C=O) groups is 10. The lowest BCUT2D eigenvalue weighted by Crippen LogP contribution is -2.60. The van der Waals surface area contributed by atoms with Crippen molar-refractivity contribution in [3.63, 3.8) is 0 Å². The lowest BCUT2D eigenvalue weighted by atomic mass is 10.0. The number of nitrogens with zero attached hydrogens (tertiary/aromatic N) is 1. The van der Waals surface area contributed by atoms with Gasteiger partial charge in [0, 0.05) is 18.7 Å². The molecule has 0 spiro atoms. The standard InChI is InChI=1S/C40H61N9O15S/c1-18(2)30(41)37(60)45-25(16-50)35(58)44-23(14-29(54)55)34(57)46-26(17-65)33(56)42-15-28(53)43-24(13-21-8-10-22(52)11-9-21)39(62)49-12-6-7-27(49)36(59)47-31(19(3)4)38(61)48-32(20(5)51)40(63)64/h8-11,18-20,23-27,30-32,50-52,65H,6-7,12-17,41H2,1-5H3,(H,42,56)(H,43,53)(H,44,58)(H,45,60)(H,46,57)(H,47,59)(H,48,61)(H,54,55)(H,63,64)/t20-,23+,24+,25+,26+,27+,30+,31+,32+/m1/s1. The number of carbonyl (C=O) groups excluding carboxylic acids is 8. The Kier molecular flexibility index (Phi) is 22.1. The Morgan fingerprint density at radius 3 is 1.85 bits per heavy atom. The summed E-state index contributed by atoms with van der Waals surface area (Å²) < 4.78 is 0. The van der Waals surface area contributed by atoms with Crippen LogP contribution in [-0.2, 0) is 54.4 Å². The summed E-state index contributed by atoms with van der Waals surface area (Å²) in [5, 5.41) is 64.4. The first-order valence-electron chi connectivity index (χ1n) is 20.7. The van der Waals surface area contributed by atoms with Gasteiger partial charge in [0.15, 0.2) is 6.04 Å². The Bertz CT molecular complexity index is 1880. The number of carboxylic acid groups (broad SMARTS) is 2. The van der Waals surface area contributed by atoms with E-state index in [1.54, 1.807) is 27.7 Å². The van der Waals surface area contributed by atoms with Crippen LogP contribution in [0.4, 0.5) is 0 Å². The topological polar surface area (TPSA) is 385 Å². The van der Waals surface area contributed by atoms with Crippen LogP contribution < -0.4 is 43.0 Å². The number of phenolic OH excluding ortho intramolecular Hbond substituents is 1. The molecule has 0 unspecified atom stereocenters. The Labute approximate surface area is 380 Å². The minimum absolute atomic E-state index is 0.0610. The summed E-state index contributed by atoms with van der Waals surface area (Å²) in [6, 6.07) is -5.76. The first kappa shape index (κ1) is 55.1. The van der Waals surface area contributed by atoms with Crippen molar-refractivity contribution in [1.29, 1.82) is 0 Å². The molecule has 1 aliphatic rings. The summed E-state index contributed by atoms with van der Waals surface area (Å²) >= 11 is 4.07. The first-order valence-corrected chi connectivity index (χ1v) is 21.3. The van der Waals surface area contributed by atoms with Gasteiger partial charge >= 0.3 is 11.9 Å². The zero-order valence-electron chi connectivity index (χ0n) is 36.6. The van der Waals surface area contributed by atoms with Gasteiger partial charge in [0.25, 0.3) is 0 Å². The summed E-state index contributed by atoms with van der Waals surface area (Å²) in [7, 11) is 0. The molecule has 0 bridgehead atoms. The number of hydrogen-bond donors (Lipinski definition) is 14. The van der Waals surface area contributed by atoms with Crippen molar-refractivity contribution in [3.05, 3.63) is 29.8 Å². The summed E-state index contributed by atoms with van der Waals surface area (Å²) in [5.41, 5.74) is 6.25. The van der Waals surface area contributed by atoms with Crippen LogP contribution in [0.3, 0.4) is 0 Å². The maximum atomic E-state index is 14.2. The fraction of sp³-hybridized carbons (Fsp3) is 0.600. The second-order valence-corrected chi connectivity index (χ2v) is 16.5. The van der Waals surface area contributed by atoms with E-state index < -0.39 is 145 Å². The van der Waals surface area contributed by atoms with E-state index >= 15 is 0 Å². The molecule has 0 saturated carbocycles. The highest BCUT2D eigenvalue weighted by molar-refractivity contribution is 7.80. The van der Waals surface area contributed by atoms with Gasteiger partial charge in [-0.05, 0) is 49.3 Å². The Hall–Kier alpha value is -6.05. The molecule has 65 heavy (non-hydrogen) atoms. The van der Waals surface area contributed by atoms with Gasteiger partial charge in [0.05, 0.1) is 31.7 Å². The van der Waals surface area contributed by atoms with E-state index in [4.69, 9.17) is 5.73 Å². The number of aliphatic hydroxyl groups excluding tert-OH is 2. The zero-order valence-corrected chi connectivity index (χ0v) is 37.5. The van der Waals surface area contributed by atoms with Gasteiger partial charge < -0.3 is 73.4 Å². The second-order valence-electron chi connectivity index (χ2n) is 16.1. The molecule has 0 radical (unpaired) electrons. The van der Waals surface area contributed by atoms with Crippen molar-refractivity contribution in [2.75, 3.05) is 25.4 Å². The number of phenols is 1. The first-order chi connectivity index (χ1) is 30.4. The fourth-order valence-corrected chi connectivity index (χ4v) is 6.67. The van der Waals surface area contributed by atoms with Crippen LogP contribution in [0, 0.1) is 11.8 Å². The number of aliphatic carboxylic acids is 2. The lowest BCUT2D eigenvalue weighted by molar-refractivity contribution is -0.146. The van der Waals surface area contributed by atoms with E-state index in [0.29, 0.717) is 12.0 Å². The van der Waals surface area contributed by atoms with Crippen molar-refractivity contribution in [2.45, 2.75) is 115 Å². The minimum Gasteiger partial charge on any atom is -0.508 e. The average Bonchev–Trinajstić information content (AvgIpc) is 3.74. The third-order valence-electron chi connectivity index (χ3n) is 10.2. The third-order valence-corrected chi connectivity index (χ3v) is 10.6. The van der Waals surface area contributed by atoms with Gasteiger partial charge in [-0.3, -0.25) is 43.2 Å². The molecule has 1 aliphatic heterocycles.